The molecule has 0 radical (unpaired) electrons. The predicted octanol–water partition coefficient (Wildman–Crippen LogP) is 3.09. The molecule has 1 N–H and O–H groups in total. The van der Waals surface area contributed by atoms with Crippen molar-refractivity contribution in [2.24, 2.45) is 0 Å². The fourth-order valence-electron chi connectivity index (χ4n) is 2.07. The highest BCUT2D eigenvalue weighted by Crippen LogP contribution is 2.26. The van der Waals surface area contributed by atoms with E-state index in [0.29, 0.717) is 25.9 Å². The summed E-state index contributed by atoms with van der Waals surface area (Å²) in [6.45, 7) is 6.71. The van der Waals surface area contributed by atoms with E-state index in [-0.39, 0.29) is 0 Å². The molecule has 0 saturated carbocycles. The third kappa shape index (κ3) is 3.82. The zero-order valence-corrected chi connectivity index (χ0v) is 12.4. The van der Waals surface area contributed by atoms with Crippen molar-refractivity contribution in [3.05, 3.63) is 35.6 Å². The third-order valence-electron chi connectivity index (χ3n) is 3.13. The Bertz CT molecular complexity index is 534. The second kappa shape index (κ2) is 7.43. The zero-order valence-electron chi connectivity index (χ0n) is 12.4. The maximum absolute atomic E-state index is 5.91. The Labute approximate surface area is 120 Å². The number of hydrogen-bond donors (Lipinski definition) is 1. The summed E-state index contributed by atoms with van der Waals surface area (Å²) in [4.78, 5) is 0. The molecule has 20 heavy (non-hydrogen) atoms. The van der Waals surface area contributed by atoms with Crippen molar-refractivity contribution in [3.63, 3.8) is 0 Å². The number of furan rings is 1. The summed E-state index contributed by atoms with van der Waals surface area (Å²) in [5, 5.41) is 4.60. The second-order valence-corrected chi connectivity index (χ2v) is 5.08. The first kappa shape index (κ1) is 15.0. The minimum absolute atomic E-state index is 0.436. The smallest absolute Gasteiger partial charge is 0.135 e. The molecule has 0 fully saturated rings. The van der Waals surface area contributed by atoms with Crippen LogP contribution >= 0.6 is 0 Å². The maximum Gasteiger partial charge on any atom is 0.135 e. The Balaban J connectivity index is 2.15. The molecule has 0 aliphatic carbocycles. The van der Waals surface area contributed by atoms with Crippen molar-refractivity contribution < 1.29 is 13.9 Å². The fraction of sp³-hybridized carbons (Fsp3) is 0.500. The first-order valence-corrected chi connectivity index (χ1v) is 7.01. The van der Waals surface area contributed by atoms with E-state index in [4.69, 9.17) is 13.9 Å². The van der Waals surface area contributed by atoms with Gasteiger partial charge in [-0.2, -0.15) is 0 Å². The molecule has 0 atom stereocenters. The Morgan fingerprint density at radius 1 is 1.20 bits per heavy atom. The van der Waals surface area contributed by atoms with Crippen molar-refractivity contribution in [1.29, 1.82) is 0 Å². The Morgan fingerprint density at radius 3 is 2.75 bits per heavy atom. The van der Waals surface area contributed by atoms with Gasteiger partial charge in [-0.05, 0) is 6.07 Å². The summed E-state index contributed by atoms with van der Waals surface area (Å²) in [6.07, 6.45) is 0. The van der Waals surface area contributed by atoms with Gasteiger partial charge in [0, 0.05) is 30.6 Å². The van der Waals surface area contributed by atoms with Crippen molar-refractivity contribution in [3.8, 4) is 0 Å². The van der Waals surface area contributed by atoms with Gasteiger partial charge in [0.1, 0.15) is 18.0 Å². The third-order valence-corrected chi connectivity index (χ3v) is 3.13. The van der Waals surface area contributed by atoms with Gasteiger partial charge in [-0.15, -0.1) is 0 Å². The van der Waals surface area contributed by atoms with Crippen LogP contribution in [0.5, 0.6) is 0 Å². The van der Waals surface area contributed by atoms with Gasteiger partial charge in [0.05, 0.1) is 13.2 Å². The number of para-hydroxylation sites is 1. The van der Waals surface area contributed by atoms with Gasteiger partial charge in [0.2, 0.25) is 0 Å². The van der Waals surface area contributed by atoms with Crippen LogP contribution in [0.15, 0.2) is 28.7 Å². The van der Waals surface area contributed by atoms with Crippen molar-refractivity contribution in [2.45, 2.75) is 33.0 Å². The molecule has 1 aromatic carbocycles. The van der Waals surface area contributed by atoms with Crippen molar-refractivity contribution in [2.75, 3.05) is 20.3 Å². The van der Waals surface area contributed by atoms with E-state index in [1.54, 1.807) is 7.11 Å². The summed E-state index contributed by atoms with van der Waals surface area (Å²) in [5.41, 5.74) is 2.10. The molecule has 110 valence electrons. The Morgan fingerprint density at radius 2 is 2.00 bits per heavy atom. The van der Waals surface area contributed by atoms with Crippen LogP contribution in [0.2, 0.25) is 0 Å². The van der Waals surface area contributed by atoms with E-state index in [1.807, 2.05) is 18.2 Å². The van der Waals surface area contributed by atoms with E-state index in [9.17, 15) is 0 Å². The molecule has 2 aromatic rings. The number of hydrogen-bond acceptors (Lipinski definition) is 4. The van der Waals surface area contributed by atoms with Crippen molar-refractivity contribution >= 4 is 11.0 Å². The highest BCUT2D eigenvalue weighted by atomic mass is 16.5. The topological polar surface area (TPSA) is 43.6 Å². The lowest BCUT2D eigenvalue weighted by Crippen LogP contribution is -2.22. The monoisotopic (exact) mass is 277 g/mol. The number of rotatable bonds is 8. The second-order valence-electron chi connectivity index (χ2n) is 5.08. The molecular formula is C16H23NO3. The van der Waals surface area contributed by atoms with Crippen LogP contribution in [-0.4, -0.2) is 26.4 Å². The standard InChI is InChI=1S/C16H23NO3/c1-12(2)17-10-14-13-6-4-5-7-15(13)20-16(14)11-19-9-8-18-3/h4-7,12,17H,8-11H2,1-3H3. The summed E-state index contributed by atoms with van der Waals surface area (Å²) in [6, 6.07) is 8.54. The van der Waals surface area contributed by atoms with Crippen LogP contribution < -0.4 is 5.32 Å². The molecule has 0 aliphatic rings. The Hall–Kier alpha value is -1.36. The lowest BCUT2D eigenvalue weighted by Gasteiger charge is -2.09. The molecule has 2 rings (SSSR count). The molecule has 0 aliphatic heterocycles. The summed E-state index contributed by atoms with van der Waals surface area (Å²) in [5.74, 6) is 0.899. The number of fused-ring (bicyclic) bond motifs is 1. The largest absolute Gasteiger partial charge is 0.458 e. The van der Waals surface area contributed by atoms with Crippen LogP contribution in [-0.2, 0) is 22.6 Å². The molecule has 1 aromatic heterocycles. The minimum atomic E-state index is 0.436. The van der Waals surface area contributed by atoms with Gasteiger partial charge < -0.3 is 19.2 Å². The van der Waals surface area contributed by atoms with Crippen LogP contribution in [0.1, 0.15) is 25.2 Å². The first-order valence-electron chi connectivity index (χ1n) is 7.01. The van der Waals surface area contributed by atoms with Crippen LogP contribution in [0.25, 0.3) is 11.0 Å². The summed E-state index contributed by atoms with van der Waals surface area (Å²) >= 11 is 0. The first-order chi connectivity index (χ1) is 9.72. The molecular weight excluding hydrogens is 254 g/mol. The quantitative estimate of drug-likeness (QED) is 0.753. The number of methoxy groups -OCH3 is 1. The van der Waals surface area contributed by atoms with Gasteiger partial charge in [0.25, 0.3) is 0 Å². The van der Waals surface area contributed by atoms with E-state index >= 15 is 0 Å². The lowest BCUT2D eigenvalue weighted by molar-refractivity contribution is 0.0539. The molecule has 0 spiro atoms. The van der Waals surface area contributed by atoms with Crippen LogP contribution in [0.4, 0.5) is 0 Å². The Kier molecular flexibility index (Phi) is 5.59. The maximum atomic E-state index is 5.91. The zero-order chi connectivity index (χ0) is 14.4. The summed E-state index contributed by atoms with van der Waals surface area (Å²) < 4.78 is 16.5. The van der Waals surface area contributed by atoms with Crippen molar-refractivity contribution in [1.82, 2.24) is 5.32 Å². The molecule has 0 unspecified atom stereocenters. The number of nitrogens with one attached hydrogen (secondary N) is 1. The van der Waals surface area contributed by atoms with Crippen LogP contribution in [0.3, 0.4) is 0 Å². The average Bonchev–Trinajstić information content (AvgIpc) is 2.79. The summed E-state index contributed by atoms with van der Waals surface area (Å²) in [7, 11) is 1.67. The highest BCUT2D eigenvalue weighted by molar-refractivity contribution is 5.82. The predicted molar refractivity (Wildman–Crippen MR) is 79.7 cm³/mol. The minimum Gasteiger partial charge on any atom is -0.458 e. The van der Waals surface area contributed by atoms with E-state index < -0.39 is 0 Å². The van der Waals surface area contributed by atoms with Gasteiger partial charge in [-0.3, -0.25) is 0 Å². The van der Waals surface area contributed by atoms with Crippen LogP contribution in [0, 0.1) is 0 Å². The van der Waals surface area contributed by atoms with Gasteiger partial charge >= 0.3 is 0 Å². The van der Waals surface area contributed by atoms with E-state index in [2.05, 4.69) is 25.2 Å². The highest BCUT2D eigenvalue weighted by Gasteiger charge is 2.14. The van der Waals surface area contributed by atoms with E-state index in [1.165, 1.54) is 5.56 Å². The average molecular weight is 277 g/mol. The molecule has 1 heterocycles. The SMILES string of the molecule is COCCOCc1oc2ccccc2c1CNC(C)C. The molecule has 4 heteroatoms. The number of ether oxygens (including phenoxy) is 2. The molecule has 0 amide bonds. The van der Waals surface area contributed by atoms with Gasteiger partial charge in [-0.25, -0.2) is 0 Å². The fourth-order valence-corrected chi connectivity index (χ4v) is 2.07. The van der Waals surface area contributed by atoms with Gasteiger partial charge in [0.15, 0.2) is 0 Å². The molecule has 0 bridgehead atoms. The lowest BCUT2D eigenvalue weighted by atomic mass is 10.1. The van der Waals surface area contributed by atoms with E-state index in [0.717, 1.165) is 23.3 Å². The van der Waals surface area contributed by atoms with Gasteiger partial charge in [-0.1, -0.05) is 32.0 Å². The number of benzene rings is 1. The molecule has 4 nitrogen and oxygen atoms in total. The normalized spacial score (nSPS) is 11.6. The molecule has 0 saturated heterocycles.